The van der Waals surface area contributed by atoms with Crippen molar-refractivity contribution in [3.8, 4) is 0 Å². The third-order valence-corrected chi connectivity index (χ3v) is 5.07. The first-order chi connectivity index (χ1) is 11.2. The van der Waals surface area contributed by atoms with E-state index >= 15 is 0 Å². The van der Waals surface area contributed by atoms with Gasteiger partial charge in [-0.1, -0.05) is 18.9 Å². The summed E-state index contributed by atoms with van der Waals surface area (Å²) in [5.74, 6) is 1.83. The number of piperazine rings is 1. The number of rotatable bonds is 5. The predicted octanol–water partition coefficient (Wildman–Crippen LogP) is 2.03. The van der Waals surface area contributed by atoms with E-state index in [0.717, 1.165) is 37.6 Å². The van der Waals surface area contributed by atoms with Crippen LogP contribution in [0.2, 0.25) is 0 Å². The number of anilines is 1. The molecule has 2 aliphatic rings. The summed E-state index contributed by atoms with van der Waals surface area (Å²) >= 11 is 0. The van der Waals surface area contributed by atoms with Gasteiger partial charge in [0.05, 0.1) is 0 Å². The molecule has 0 radical (unpaired) electrons. The molecule has 0 unspecified atom stereocenters. The number of pyridine rings is 1. The summed E-state index contributed by atoms with van der Waals surface area (Å²) in [5.41, 5.74) is 1.07. The monoisotopic (exact) mass is 316 g/mol. The van der Waals surface area contributed by atoms with E-state index < -0.39 is 0 Å². The molecule has 1 amide bonds. The number of aromatic nitrogens is 1. The Morgan fingerprint density at radius 1 is 1.22 bits per heavy atom. The lowest BCUT2D eigenvalue weighted by molar-refractivity contribution is -0.122. The molecule has 23 heavy (non-hydrogen) atoms. The number of hydrogen-bond donors (Lipinski definition) is 1. The minimum Gasteiger partial charge on any atom is -0.354 e. The number of nitrogens with zero attached hydrogens (tertiary/aromatic N) is 3. The van der Waals surface area contributed by atoms with Crippen molar-refractivity contribution < 1.29 is 4.79 Å². The van der Waals surface area contributed by atoms with E-state index in [0.29, 0.717) is 18.9 Å². The Hall–Kier alpha value is -1.62. The molecule has 1 aromatic rings. The topological polar surface area (TPSA) is 48.5 Å². The molecule has 2 fully saturated rings. The molecule has 1 N–H and O–H groups in total. The zero-order valence-corrected chi connectivity index (χ0v) is 14.1. The average Bonchev–Trinajstić information content (AvgIpc) is 3.07. The van der Waals surface area contributed by atoms with E-state index in [1.807, 2.05) is 6.20 Å². The lowest BCUT2D eigenvalue weighted by Crippen LogP contribution is -2.44. The van der Waals surface area contributed by atoms with Gasteiger partial charge in [-0.05, 0) is 37.4 Å². The number of amides is 1. The van der Waals surface area contributed by atoms with Crippen LogP contribution in [0.3, 0.4) is 0 Å². The molecule has 0 spiro atoms. The number of carbonyl (C=O) groups excluding carboxylic acids is 1. The van der Waals surface area contributed by atoms with Crippen LogP contribution in [0.1, 0.15) is 37.7 Å². The van der Waals surface area contributed by atoms with Crippen molar-refractivity contribution in [1.82, 2.24) is 15.2 Å². The maximum absolute atomic E-state index is 12.0. The zero-order chi connectivity index (χ0) is 16.1. The van der Waals surface area contributed by atoms with Gasteiger partial charge >= 0.3 is 0 Å². The normalized spacial score (nSPS) is 20.0. The third kappa shape index (κ3) is 4.67. The van der Waals surface area contributed by atoms with Crippen molar-refractivity contribution >= 4 is 11.7 Å². The van der Waals surface area contributed by atoms with Gasteiger partial charge in [-0.25, -0.2) is 4.98 Å². The molecule has 5 nitrogen and oxygen atoms in total. The Bertz CT molecular complexity index is 502. The van der Waals surface area contributed by atoms with Crippen LogP contribution in [-0.2, 0) is 11.3 Å². The van der Waals surface area contributed by atoms with Crippen LogP contribution in [0.15, 0.2) is 18.3 Å². The van der Waals surface area contributed by atoms with Crippen LogP contribution < -0.4 is 10.2 Å². The summed E-state index contributed by atoms with van der Waals surface area (Å²) in [5, 5.41) is 3.03. The van der Waals surface area contributed by atoms with E-state index in [1.165, 1.54) is 25.7 Å². The summed E-state index contributed by atoms with van der Waals surface area (Å²) in [7, 11) is 2.15. The van der Waals surface area contributed by atoms with Gasteiger partial charge in [0, 0.05) is 45.3 Å². The highest BCUT2D eigenvalue weighted by molar-refractivity contribution is 5.76. The second kappa shape index (κ2) is 7.77. The van der Waals surface area contributed by atoms with Crippen LogP contribution in [0, 0.1) is 5.92 Å². The Morgan fingerprint density at radius 3 is 2.61 bits per heavy atom. The standard InChI is InChI=1S/C18H28N4O/c1-21-8-10-22(11-9-21)17-7-6-16(13-19-17)14-20-18(23)12-15-4-2-3-5-15/h6-7,13,15H,2-5,8-12,14H2,1H3,(H,20,23). The van der Waals surface area contributed by atoms with Gasteiger partial charge in [0.2, 0.25) is 5.91 Å². The molecule has 1 aliphatic heterocycles. The van der Waals surface area contributed by atoms with Crippen molar-refractivity contribution in [3.63, 3.8) is 0 Å². The molecule has 1 saturated carbocycles. The molecule has 1 saturated heterocycles. The Morgan fingerprint density at radius 2 is 1.96 bits per heavy atom. The van der Waals surface area contributed by atoms with Gasteiger partial charge in [0.1, 0.15) is 5.82 Å². The largest absolute Gasteiger partial charge is 0.354 e. The SMILES string of the molecule is CN1CCN(c2ccc(CNC(=O)CC3CCCC3)cn2)CC1. The summed E-state index contributed by atoms with van der Waals surface area (Å²) in [6.45, 7) is 4.81. The maximum Gasteiger partial charge on any atom is 0.220 e. The van der Waals surface area contributed by atoms with E-state index in [4.69, 9.17) is 0 Å². The van der Waals surface area contributed by atoms with Gasteiger partial charge < -0.3 is 15.1 Å². The second-order valence-electron chi connectivity index (χ2n) is 6.95. The van der Waals surface area contributed by atoms with Crippen molar-refractivity contribution in [2.45, 2.75) is 38.6 Å². The third-order valence-electron chi connectivity index (χ3n) is 5.07. The highest BCUT2D eigenvalue weighted by Gasteiger charge is 2.18. The summed E-state index contributed by atoms with van der Waals surface area (Å²) in [6.07, 6.45) is 7.59. The molecular formula is C18H28N4O. The van der Waals surface area contributed by atoms with Gasteiger partial charge in [-0.3, -0.25) is 4.79 Å². The maximum atomic E-state index is 12.0. The Kier molecular flexibility index (Phi) is 5.49. The fraction of sp³-hybridized carbons (Fsp3) is 0.667. The van der Waals surface area contributed by atoms with Crippen molar-refractivity contribution in [2.75, 3.05) is 38.1 Å². The quantitative estimate of drug-likeness (QED) is 0.903. The molecule has 126 valence electrons. The van der Waals surface area contributed by atoms with E-state index in [1.54, 1.807) is 0 Å². The molecule has 1 aliphatic carbocycles. The molecule has 0 bridgehead atoms. The molecule has 0 atom stereocenters. The van der Waals surface area contributed by atoms with E-state index in [-0.39, 0.29) is 5.91 Å². The molecule has 0 aromatic carbocycles. The highest BCUT2D eigenvalue weighted by atomic mass is 16.1. The molecule has 2 heterocycles. The van der Waals surface area contributed by atoms with Gasteiger partial charge in [0.25, 0.3) is 0 Å². The first kappa shape index (κ1) is 16.2. The number of hydrogen-bond acceptors (Lipinski definition) is 4. The predicted molar refractivity (Wildman–Crippen MR) is 92.4 cm³/mol. The highest BCUT2D eigenvalue weighted by Crippen LogP contribution is 2.27. The average molecular weight is 316 g/mol. The number of nitrogens with one attached hydrogen (secondary N) is 1. The smallest absolute Gasteiger partial charge is 0.220 e. The zero-order valence-electron chi connectivity index (χ0n) is 14.1. The summed E-state index contributed by atoms with van der Waals surface area (Å²) in [4.78, 5) is 21.2. The molecular weight excluding hydrogens is 288 g/mol. The summed E-state index contributed by atoms with van der Waals surface area (Å²) < 4.78 is 0. The van der Waals surface area contributed by atoms with Gasteiger partial charge in [0.15, 0.2) is 0 Å². The molecule has 1 aromatic heterocycles. The first-order valence-corrected chi connectivity index (χ1v) is 8.86. The van der Waals surface area contributed by atoms with Crippen LogP contribution >= 0.6 is 0 Å². The minimum absolute atomic E-state index is 0.181. The van der Waals surface area contributed by atoms with Crippen molar-refractivity contribution in [2.24, 2.45) is 5.92 Å². The Labute approximate surface area is 139 Å². The lowest BCUT2D eigenvalue weighted by atomic mass is 10.0. The second-order valence-corrected chi connectivity index (χ2v) is 6.95. The fourth-order valence-corrected chi connectivity index (χ4v) is 3.49. The molecule has 5 heteroatoms. The minimum atomic E-state index is 0.181. The van der Waals surface area contributed by atoms with Crippen LogP contribution in [0.4, 0.5) is 5.82 Å². The Balaban J connectivity index is 1.44. The van der Waals surface area contributed by atoms with Crippen LogP contribution in [0.25, 0.3) is 0 Å². The van der Waals surface area contributed by atoms with E-state index in [9.17, 15) is 4.79 Å². The number of carbonyl (C=O) groups is 1. The van der Waals surface area contributed by atoms with Crippen molar-refractivity contribution in [1.29, 1.82) is 0 Å². The number of likely N-dealkylation sites (N-methyl/N-ethyl adjacent to an activating group) is 1. The van der Waals surface area contributed by atoms with E-state index in [2.05, 4.69) is 39.3 Å². The molecule has 3 rings (SSSR count). The van der Waals surface area contributed by atoms with Gasteiger partial charge in [-0.2, -0.15) is 0 Å². The first-order valence-electron chi connectivity index (χ1n) is 8.86. The summed E-state index contributed by atoms with van der Waals surface area (Å²) in [6, 6.07) is 4.15. The lowest BCUT2D eigenvalue weighted by Gasteiger charge is -2.33. The van der Waals surface area contributed by atoms with Crippen LogP contribution in [-0.4, -0.2) is 49.0 Å². The fourth-order valence-electron chi connectivity index (χ4n) is 3.49. The van der Waals surface area contributed by atoms with Crippen molar-refractivity contribution in [3.05, 3.63) is 23.9 Å². The van der Waals surface area contributed by atoms with Crippen LogP contribution in [0.5, 0.6) is 0 Å². The van der Waals surface area contributed by atoms with Gasteiger partial charge in [-0.15, -0.1) is 0 Å².